The fourth-order valence-corrected chi connectivity index (χ4v) is 2.37. The standard InChI is InChI=1S/C14H12BrNO2S/c1-19(17,18)14-8-6-13(7-9-14)16-10-11-2-4-12(15)5-3-11/h2-10H,1H3/b16-10+. The molecule has 0 amide bonds. The van der Waals surface area contributed by atoms with Gasteiger partial charge in [0.15, 0.2) is 9.84 Å². The highest BCUT2D eigenvalue weighted by molar-refractivity contribution is 9.10. The average Bonchev–Trinajstić information content (AvgIpc) is 2.37. The van der Waals surface area contributed by atoms with Crippen LogP contribution in [0.2, 0.25) is 0 Å². The second kappa shape index (κ2) is 5.67. The summed E-state index contributed by atoms with van der Waals surface area (Å²) in [5.41, 5.74) is 1.70. The van der Waals surface area contributed by atoms with E-state index in [1.165, 1.54) is 6.26 Å². The lowest BCUT2D eigenvalue weighted by Gasteiger charge is -1.98. The van der Waals surface area contributed by atoms with Crippen LogP contribution >= 0.6 is 15.9 Å². The van der Waals surface area contributed by atoms with Gasteiger partial charge in [-0.25, -0.2) is 8.42 Å². The Bertz CT molecular complexity index is 689. The molecule has 0 radical (unpaired) electrons. The molecule has 2 aromatic rings. The van der Waals surface area contributed by atoms with E-state index in [1.807, 2.05) is 24.3 Å². The van der Waals surface area contributed by atoms with Gasteiger partial charge in [0.05, 0.1) is 10.6 Å². The Balaban J connectivity index is 2.18. The SMILES string of the molecule is CS(=O)(=O)c1ccc(/N=C/c2ccc(Br)cc2)cc1. The van der Waals surface area contributed by atoms with E-state index in [0.29, 0.717) is 4.90 Å². The predicted octanol–water partition coefficient (Wildman–Crippen LogP) is 3.60. The van der Waals surface area contributed by atoms with Crippen LogP contribution in [-0.4, -0.2) is 20.9 Å². The number of hydrogen-bond donors (Lipinski definition) is 0. The molecule has 0 heterocycles. The molecule has 3 nitrogen and oxygen atoms in total. The third-order valence-electron chi connectivity index (χ3n) is 2.50. The van der Waals surface area contributed by atoms with E-state index in [9.17, 15) is 8.42 Å². The van der Waals surface area contributed by atoms with E-state index in [4.69, 9.17) is 0 Å². The zero-order valence-electron chi connectivity index (χ0n) is 10.2. The molecular formula is C14H12BrNO2S. The number of aliphatic imine (C=N–C) groups is 1. The third-order valence-corrected chi connectivity index (χ3v) is 4.15. The van der Waals surface area contributed by atoms with Crippen LogP contribution in [0.1, 0.15) is 5.56 Å². The second-order valence-corrected chi connectivity index (χ2v) is 7.01. The summed E-state index contributed by atoms with van der Waals surface area (Å²) in [5.74, 6) is 0. The molecule has 5 heteroatoms. The minimum absolute atomic E-state index is 0.301. The van der Waals surface area contributed by atoms with E-state index >= 15 is 0 Å². The number of nitrogens with zero attached hydrogens (tertiary/aromatic N) is 1. The summed E-state index contributed by atoms with van der Waals surface area (Å²) in [6, 6.07) is 14.3. The van der Waals surface area contributed by atoms with Crippen LogP contribution < -0.4 is 0 Å². The molecule has 0 aromatic heterocycles. The van der Waals surface area contributed by atoms with Crippen LogP contribution in [-0.2, 0) is 9.84 Å². The highest BCUT2D eigenvalue weighted by Gasteiger charge is 2.05. The Hall–Kier alpha value is -1.46. The summed E-state index contributed by atoms with van der Waals surface area (Å²) in [6.45, 7) is 0. The summed E-state index contributed by atoms with van der Waals surface area (Å²) in [5, 5.41) is 0. The second-order valence-electron chi connectivity index (χ2n) is 4.08. The van der Waals surface area contributed by atoms with Gasteiger partial charge in [0.25, 0.3) is 0 Å². The highest BCUT2D eigenvalue weighted by Crippen LogP contribution is 2.16. The molecular weight excluding hydrogens is 326 g/mol. The fraction of sp³-hybridized carbons (Fsp3) is 0.0714. The lowest BCUT2D eigenvalue weighted by molar-refractivity contribution is 0.602. The Labute approximate surface area is 121 Å². The lowest BCUT2D eigenvalue weighted by Crippen LogP contribution is -1.95. The third kappa shape index (κ3) is 4.01. The number of sulfone groups is 1. The van der Waals surface area contributed by atoms with Crippen molar-refractivity contribution in [2.45, 2.75) is 4.90 Å². The van der Waals surface area contributed by atoms with Crippen molar-refractivity contribution in [3.8, 4) is 0 Å². The van der Waals surface area contributed by atoms with Gasteiger partial charge in [0.2, 0.25) is 0 Å². The van der Waals surface area contributed by atoms with Gasteiger partial charge >= 0.3 is 0 Å². The molecule has 2 rings (SSSR count). The lowest BCUT2D eigenvalue weighted by atomic mass is 10.2. The molecule has 0 fully saturated rings. The fourth-order valence-electron chi connectivity index (χ4n) is 1.48. The quantitative estimate of drug-likeness (QED) is 0.803. The summed E-state index contributed by atoms with van der Waals surface area (Å²) < 4.78 is 23.6. The molecule has 0 aliphatic rings. The van der Waals surface area contributed by atoms with Gasteiger partial charge < -0.3 is 0 Å². The molecule has 0 saturated carbocycles. The van der Waals surface area contributed by atoms with E-state index in [-0.39, 0.29) is 0 Å². The Kier molecular flexibility index (Phi) is 4.17. The maximum absolute atomic E-state index is 11.3. The zero-order valence-corrected chi connectivity index (χ0v) is 12.6. The monoisotopic (exact) mass is 337 g/mol. The van der Waals surface area contributed by atoms with E-state index in [0.717, 1.165) is 15.7 Å². The van der Waals surface area contributed by atoms with Crippen LogP contribution in [0.5, 0.6) is 0 Å². The first kappa shape index (κ1) is 14.0. The molecule has 0 N–H and O–H groups in total. The van der Waals surface area contributed by atoms with Crippen molar-refractivity contribution in [1.82, 2.24) is 0 Å². The maximum Gasteiger partial charge on any atom is 0.175 e. The average molecular weight is 338 g/mol. The first-order valence-corrected chi connectivity index (χ1v) is 8.23. The molecule has 19 heavy (non-hydrogen) atoms. The van der Waals surface area contributed by atoms with Crippen LogP contribution in [0, 0.1) is 0 Å². The van der Waals surface area contributed by atoms with Crippen LogP contribution in [0.4, 0.5) is 5.69 Å². The predicted molar refractivity (Wildman–Crippen MR) is 80.9 cm³/mol. The minimum atomic E-state index is -3.15. The van der Waals surface area contributed by atoms with E-state index in [2.05, 4.69) is 20.9 Å². The van der Waals surface area contributed by atoms with Gasteiger partial charge in [0, 0.05) is 16.9 Å². The molecule has 2 aromatic carbocycles. The number of halogens is 1. The van der Waals surface area contributed by atoms with Crippen LogP contribution in [0.3, 0.4) is 0 Å². The van der Waals surface area contributed by atoms with E-state index in [1.54, 1.807) is 30.5 Å². The van der Waals surface area contributed by atoms with Crippen molar-refractivity contribution in [1.29, 1.82) is 0 Å². The van der Waals surface area contributed by atoms with E-state index < -0.39 is 9.84 Å². The van der Waals surface area contributed by atoms with Gasteiger partial charge in [-0.15, -0.1) is 0 Å². The molecule has 98 valence electrons. The first-order valence-electron chi connectivity index (χ1n) is 5.55. The van der Waals surface area contributed by atoms with Crippen molar-refractivity contribution in [2.75, 3.05) is 6.26 Å². The molecule has 0 bridgehead atoms. The number of hydrogen-bond acceptors (Lipinski definition) is 3. The van der Waals surface area contributed by atoms with Gasteiger partial charge in [-0.3, -0.25) is 4.99 Å². The first-order chi connectivity index (χ1) is 8.95. The molecule has 0 spiro atoms. The van der Waals surface area contributed by atoms with Crippen molar-refractivity contribution in [3.05, 3.63) is 58.6 Å². The largest absolute Gasteiger partial charge is 0.256 e. The maximum atomic E-state index is 11.3. The Morgan fingerprint density at radius 1 is 1.00 bits per heavy atom. The molecule has 0 saturated heterocycles. The zero-order chi connectivity index (χ0) is 13.9. The molecule has 0 unspecified atom stereocenters. The highest BCUT2D eigenvalue weighted by atomic mass is 79.9. The van der Waals surface area contributed by atoms with Gasteiger partial charge in [-0.1, -0.05) is 28.1 Å². The van der Waals surface area contributed by atoms with Crippen molar-refractivity contribution in [3.63, 3.8) is 0 Å². The van der Waals surface area contributed by atoms with Crippen molar-refractivity contribution >= 4 is 37.7 Å². The topological polar surface area (TPSA) is 46.5 Å². The molecule has 0 aliphatic heterocycles. The molecule has 0 atom stereocenters. The Morgan fingerprint density at radius 3 is 2.11 bits per heavy atom. The van der Waals surface area contributed by atoms with Crippen molar-refractivity contribution in [2.24, 2.45) is 4.99 Å². The Morgan fingerprint density at radius 2 is 1.58 bits per heavy atom. The number of benzene rings is 2. The van der Waals surface area contributed by atoms with Crippen molar-refractivity contribution < 1.29 is 8.42 Å². The minimum Gasteiger partial charge on any atom is -0.256 e. The van der Waals surface area contributed by atoms with Gasteiger partial charge in [-0.2, -0.15) is 0 Å². The van der Waals surface area contributed by atoms with Gasteiger partial charge in [0.1, 0.15) is 0 Å². The summed E-state index contributed by atoms with van der Waals surface area (Å²) in [6.07, 6.45) is 2.93. The summed E-state index contributed by atoms with van der Waals surface area (Å²) in [7, 11) is -3.15. The summed E-state index contributed by atoms with van der Waals surface area (Å²) in [4.78, 5) is 4.60. The summed E-state index contributed by atoms with van der Waals surface area (Å²) >= 11 is 3.37. The van der Waals surface area contributed by atoms with Gasteiger partial charge in [-0.05, 0) is 42.0 Å². The normalized spacial score (nSPS) is 11.9. The number of rotatable bonds is 3. The van der Waals surface area contributed by atoms with Crippen LogP contribution in [0.25, 0.3) is 0 Å². The smallest absolute Gasteiger partial charge is 0.175 e. The molecule has 0 aliphatic carbocycles. The van der Waals surface area contributed by atoms with Crippen LogP contribution in [0.15, 0.2) is 62.9 Å².